The van der Waals surface area contributed by atoms with Crippen molar-refractivity contribution >= 4 is 11.7 Å². The molecule has 5 heteroatoms. The van der Waals surface area contributed by atoms with Crippen molar-refractivity contribution in [1.82, 2.24) is 4.90 Å². The average Bonchev–Trinajstić information content (AvgIpc) is 2.98. The summed E-state index contributed by atoms with van der Waals surface area (Å²) in [6, 6.07) is 12.4. The molecule has 2 aromatic carbocycles. The van der Waals surface area contributed by atoms with E-state index in [4.69, 9.17) is 4.74 Å². The summed E-state index contributed by atoms with van der Waals surface area (Å²) >= 11 is 0. The molecule has 0 saturated carbocycles. The number of carbonyl (C=O) groups excluding carboxylic acids is 2. The van der Waals surface area contributed by atoms with Crippen LogP contribution in [0.25, 0.3) is 0 Å². The number of ketones is 1. The normalized spacial score (nSPS) is 25.5. The van der Waals surface area contributed by atoms with Crippen LogP contribution < -0.4 is 4.74 Å². The molecule has 4 rings (SSSR count). The Morgan fingerprint density at radius 3 is 2.50 bits per heavy atom. The second kappa shape index (κ2) is 5.17. The molecule has 5 nitrogen and oxygen atoms in total. The average molecular weight is 351 g/mol. The Kier molecular flexibility index (Phi) is 3.34. The first-order valence-electron chi connectivity index (χ1n) is 8.69. The maximum atomic E-state index is 13.5. The summed E-state index contributed by atoms with van der Waals surface area (Å²) in [5.74, 6) is -1.89. The second-order valence-electron chi connectivity index (χ2n) is 7.32. The van der Waals surface area contributed by atoms with Crippen LogP contribution >= 0.6 is 0 Å². The summed E-state index contributed by atoms with van der Waals surface area (Å²) in [6.45, 7) is 5.50. The third-order valence-electron chi connectivity index (χ3n) is 5.65. The summed E-state index contributed by atoms with van der Waals surface area (Å²) in [5, 5.41) is 11.6. The van der Waals surface area contributed by atoms with Crippen LogP contribution in [0.5, 0.6) is 5.75 Å². The van der Waals surface area contributed by atoms with E-state index in [1.807, 2.05) is 12.1 Å². The lowest BCUT2D eigenvalue weighted by atomic mass is 9.81. The van der Waals surface area contributed by atoms with Gasteiger partial charge in [0.25, 0.3) is 5.79 Å². The van der Waals surface area contributed by atoms with E-state index in [9.17, 15) is 14.7 Å². The Bertz CT molecular complexity index is 951. The molecule has 0 bridgehead atoms. The topological polar surface area (TPSA) is 66.8 Å². The number of nitrogens with zero attached hydrogens (tertiary/aromatic N) is 1. The van der Waals surface area contributed by atoms with Crippen molar-refractivity contribution in [2.45, 2.75) is 38.0 Å². The molecule has 2 aliphatic rings. The molecule has 1 heterocycles. The largest absolute Gasteiger partial charge is 0.454 e. The fourth-order valence-corrected chi connectivity index (χ4v) is 4.19. The molecule has 1 aliphatic carbocycles. The molecule has 0 spiro atoms. The fraction of sp³-hybridized carbons (Fsp3) is 0.333. The van der Waals surface area contributed by atoms with Crippen LogP contribution in [0.2, 0.25) is 0 Å². The molecular weight excluding hydrogens is 330 g/mol. The predicted molar refractivity (Wildman–Crippen MR) is 96.0 cm³/mol. The SMILES string of the molecule is CC(=O)N(C)C12C(=O)c3ccccc3C1(O)Oc1cc(C(C)C)ccc12. The summed E-state index contributed by atoms with van der Waals surface area (Å²) in [6.07, 6.45) is 0. The Balaban J connectivity index is 2.05. The van der Waals surface area contributed by atoms with E-state index in [1.165, 1.54) is 18.9 Å². The molecule has 0 radical (unpaired) electrons. The van der Waals surface area contributed by atoms with Crippen LogP contribution in [0.15, 0.2) is 42.5 Å². The Morgan fingerprint density at radius 2 is 1.85 bits per heavy atom. The van der Waals surface area contributed by atoms with E-state index in [-0.39, 0.29) is 17.6 Å². The molecule has 2 aromatic rings. The second-order valence-corrected chi connectivity index (χ2v) is 7.32. The highest BCUT2D eigenvalue weighted by Gasteiger charge is 2.73. The minimum atomic E-state index is -1.95. The lowest BCUT2D eigenvalue weighted by Gasteiger charge is -2.40. The first kappa shape index (κ1) is 16.8. The summed E-state index contributed by atoms with van der Waals surface area (Å²) in [4.78, 5) is 27.1. The van der Waals surface area contributed by atoms with Gasteiger partial charge in [-0.3, -0.25) is 9.59 Å². The molecule has 1 amide bonds. The Hall–Kier alpha value is -2.66. The van der Waals surface area contributed by atoms with Crippen molar-refractivity contribution in [3.63, 3.8) is 0 Å². The van der Waals surface area contributed by atoms with Gasteiger partial charge in [-0.25, -0.2) is 0 Å². The van der Waals surface area contributed by atoms with Crippen LogP contribution in [-0.4, -0.2) is 28.7 Å². The van der Waals surface area contributed by atoms with Gasteiger partial charge in [0.1, 0.15) is 5.75 Å². The number of amides is 1. The Labute approximate surface area is 152 Å². The van der Waals surface area contributed by atoms with Crippen LogP contribution in [0.3, 0.4) is 0 Å². The first-order valence-corrected chi connectivity index (χ1v) is 8.69. The fourth-order valence-electron chi connectivity index (χ4n) is 4.19. The molecule has 0 saturated heterocycles. The van der Waals surface area contributed by atoms with Crippen molar-refractivity contribution in [2.24, 2.45) is 0 Å². The van der Waals surface area contributed by atoms with Gasteiger partial charge in [0.05, 0.1) is 0 Å². The van der Waals surface area contributed by atoms with Gasteiger partial charge in [0.2, 0.25) is 17.2 Å². The van der Waals surface area contributed by atoms with Crippen LogP contribution in [-0.2, 0) is 16.1 Å². The van der Waals surface area contributed by atoms with Gasteiger partial charge in [-0.1, -0.05) is 50.2 Å². The maximum absolute atomic E-state index is 13.5. The monoisotopic (exact) mass is 351 g/mol. The van der Waals surface area contributed by atoms with E-state index in [1.54, 1.807) is 30.3 Å². The summed E-state index contributed by atoms with van der Waals surface area (Å²) < 4.78 is 6.02. The molecule has 0 aromatic heterocycles. The zero-order valence-corrected chi connectivity index (χ0v) is 15.2. The van der Waals surface area contributed by atoms with Crippen molar-refractivity contribution < 1.29 is 19.4 Å². The van der Waals surface area contributed by atoms with Crippen molar-refractivity contribution in [3.8, 4) is 5.75 Å². The van der Waals surface area contributed by atoms with E-state index >= 15 is 0 Å². The van der Waals surface area contributed by atoms with Crippen molar-refractivity contribution in [2.75, 3.05) is 7.05 Å². The van der Waals surface area contributed by atoms with E-state index < -0.39 is 11.3 Å². The van der Waals surface area contributed by atoms with Gasteiger partial charge in [-0.05, 0) is 17.5 Å². The number of hydrogen-bond acceptors (Lipinski definition) is 4. The van der Waals surface area contributed by atoms with Gasteiger partial charge < -0.3 is 14.7 Å². The molecule has 1 aliphatic heterocycles. The van der Waals surface area contributed by atoms with Gasteiger partial charge >= 0.3 is 0 Å². The van der Waals surface area contributed by atoms with E-state index in [2.05, 4.69) is 13.8 Å². The highest BCUT2D eigenvalue weighted by Crippen LogP contribution is 2.60. The number of carbonyl (C=O) groups is 2. The number of benzene rings is 2. The zero-order chi connectivity index (χ0) is 18.9. The minimum absolute atomic E-state index is 0.267. The Morgan fingerprint density at radius 1 is 1.15 bits per heavy atom. The number of fused-ring (bicyclic) bond motifs is 5. The quantitative estimate of drug-likeness (QED) is 0.903. The number of ether oxygens (including phenoxy) is 1. The van der Waals surface area contributed by atoms with Crippen LogP contribution in [0.4, 0.5) is 0 Å². The molecular formula is C21H21NO4. The van der Waals surface area contributed by atoms with E-state index in [0.717, 1.165) is 5.56 Å². The van der Waals surface area contributed by atoms with Gasteiger partial charge in [0.15, 0.2) is 0 Å². The van der Waals surface area contributed by atoms with Gasteiger partial charge in [-0.2, -0.15) is 0 Å². The predicted octanol–water partition coefficient (Wildman–Crippen LogP) is 2.92. The number of aliphatic hydroxyl groups is 1. The number of Topliss-reactive ketones (excluding diaryl/α,β-unsaturated/α-hetero) is 1. The van der Waals surface area contributed by atoms with Crippen molar-refractivity contribution in [1.29, 1.82) is 0 Å². The molecule has 2 unspecified atom stereocenters. The van der Waals surface area contributed by atoms with Crippen LogP contribution in [0.1, 0.15) is 53.7 Å². The highest BCUT2D eigenvalue weighted by atomic mass is 16.6. The molecule has 0 fully saturated rings. The first-order chi connectivity index (χ1) is 12.2. The molecule has 134 valence electrons. The van der Waals surface area contributed by atoms with Gasteiger partial charge in [0, 0.05) is 30.7 Å². The number of rotatable bonds is 2. The summed E-state index contributed by atoms with van der Waals surface area (Å²) in [7, 11) is 1.53. The van der Waals surface area contributed by atoms with E-state index in [0.29, 0.717) is 22.4 Å². The standard InChI is InChI=1S/C21H21NO4/c1-12(2)14-9-10-17-18(11-14)26-21(25)16-8-6-5-7-15(16)19(24)20(17,21)22(4)13(3)23/h5-12,25H,1-4H3. The maximum Gasteiger partial charge on any atom is 0.271 e. The number of likely N-dealkylation sites (N-methyl/N-ethyl adjacent to an activating group) is 1. The summed E-state index contributed by atoms with van der Waals surface area (Å²) in [5.41, 5.74) is 0.701. The number of hydrogen-bond donors (Lipinski definition) is 1. The third-order valence-corrected chi connectivity index (χ3v) is 5.65. The molecule has 1 N–H and O–H groups in total. The highest BCUT2D eigenvalue weighted by molar-refractivity contribution is 6.12. The van der Waals surface area contributed by atoms with Crippen molar-refractivity contribution in [3.05, 3.63) is 64.7 Å². The molecule has 26 heavy (non-hydrogen) atoms. The minimum Gasteiger partial charge on any atom is -0.454 e. The van der Waals surface area contributed by atoms with Crippen LogP contribution in [0, 0.1) is 0 Å². The van der Waals surface area contributed by atoms with Gasteiger partial charge in [-0.15, -0.1) is 0 Å². The molecule has 2 atom stereocenters. The smallest absolute Gasteiger partial charge is 0.271 e. The lowest BCUT2D eigenvalue weighted by Crippen LogP contribution is -2.60. The zero-order valence-electron chi connectivity index (χ0n) is 15.2. The lowest BCUT2D eigenvalue weighted by molar-refractivity contribution is -0.201. The third kappa shape index (κ3) is 1.73.